The van der Waals surface area contributed by atoms with E-state index in [4.69, 9.17) is 0 Å². The molecule has 16 heavy (non-hydrogen) atoms. The second-order valence-corrected chi connectivity index (χ2v) is 5.97. The molecule has 0 aromatic carbocycles. The monoisotopic (exact) mass is 224 g/mol. The maximum atomic E-state index is 3.75. The van der Waals surface area contributed by atoms with E-state index in [-0.39, 0.29) is 0 Å². The molecule has 2 rings (SSSR count). The fourth-order valence-electron chi connectivity index (χ4n) is 3.35. The number of rotatable bonds is 6. The highest BCUT2D eigenvalue weighted by Gasteiger charge is 2.36. The summed E-state index contributed by atoms with van der Waals surface area (Å²) in [5, 5.41) is 7.45. The molecular weight excluding hydrogens is 196 g/mol. The molecule has 0 aromatic heterocycles. The number of hydrogen-bond donors (Lipinski definition) is 2. The van der Waals surface area contributed by atoms with Crippen molar-refractivity contribution in [1.82, 2.24) is 10.6 Å². The Morgan fingerprint density at radius 1 is 1.00 bits per heavy atom. The van der Waals surface area contributed by atoms with Crippen molar-refractivity contribution < 1.29 is 0 Å². The number of hydrogen-bond acceptors (Lipinski definition) is 2. The summed E-state index contributed by atoms with van der Waals surface area (Å²) < 4.78 is 0. The fourth-order valence-corrected chi connectivity index (χ4v) is 3.35. The molecular formula is C14H28N2. The van der Waals surface area contributed by atoms with E-state index in [1.807, 2.05) is 0 Å². The molecule has 1 unspecified atom stereocenters. The highest BCUT2D eigenvalue weighted by atomic mass is 15.1. The first kappa shape index (κ1) is 12.4. The van der Waals surface area contributed by atoms with E-state index >= 15 is 0 Å². The molecule has 2 fully saturated rings. The van der Waals surface area contributed by atoms with Gasteiger partial charge in [0.05, 0.1) is 0 Å². The Kier molecular flexibility index (Phi) is 3.91. The molecule has 2 N–H and O–H groups in total. The van der Waals surface area contributed by atoms with Crippen LogP contribution in [-0.4, -0.2) is 25.2 Å². The zero-order chi connectivity index (χ0) is 11.5. The maximum absolute atomic E-state index is 3.75. The second kappa shape index (κ2) is 5.05. The first-order chi connectivity index (χ1) is 7.74. The van der Waals surface area contributed by atoms with Crippen LogP contribution in [0.2, 0.25) is 0 Å². The average molecular weight is 224 g/mol. The predicted molar refractivity (Wildman–Crippen MR) is 69.7 cm³/mol. The van der Waals surface area contributed by atoms with Gasteiger partial charge in [0, 0.05) is 18.6 Å². The maximum Gasteiger partial charge on any atom is 0.0304 e. The minimum Gasteiger partial charge on any atom is -0.314 e. The summed E-state index contributed by atoms with van der Waals surface area (Å²) in [5.41, 5.74) is 1.08. The largest absolute Gasteiger partial charge is 0.314 e. The summed E-state index contributed by atoms with van der Waals surface area (Å²) in [6.07, 6.45) is 9.68. The van der Waals surface area contributed by atoms with E-state index in [9.17, 15) is 0 Å². The Labute approximate surface area is 101 Å². The molecule has 2 aliphatic rings. The Balaban J connectivity index is 1.74. The van der Waals surface area contributed by atoms with Crippen molar-refractivity contribution in [3.05, 3.63) is 0 Å². The normalized spacial score (nSPS) is 32.6. The highest BCUT2D eigenvalue weighted by molar-refractivity contribution is 4.95. The van der Waals surface area contributed by atoms with Crippen LogP contribution in [0.15, 0.2) is 0 Å². The van der Waals surface area contributed by atoms with Crippen molar-refractivity contribution in [1.29, 1.82) is 0 Å². The molecule has 1 heterocycles. The Bertz CT molecular complexity index is 209. The van der Waals surface area contributed by atoms with Crippen molar-refractivity contribution in [2.24, 2.45) is 5.41 Å². The summed E-state index contributed by atoms with van der Waals surface area (Å²) in [5.74, 6) is 0. The lowest BCUT2D eigenvalue weighted by Gasteiger charge is -2.42. The molecule has 2 nitrogen and oxygen atoms in total. The lowest BCUT2D eigenvalue weighted by Crippen LogP contribution is -2.50. The molecule has 0 aromatic rings. The molecule has 0 radical (unpaired) electrons. The Hall–Kier alpha value is -0.0800. The van der Waals surface area contributed by atoms with Crippen LogP contribution in [0, 0.1) is 5.41 Å². The van der Waals surface area contributed by atoms with E-state index in [1.165, 1.54) is 64.6 Å². The van der Waals surface area contributed by atoms with Gasteiger partial charge in [-0.3, -0.25) is 0 Å². The second-order valence-electron chi connectivity index (χ2n) is 5.97. The molecule has 1 saturated carbocycles. The third-order valence-electron chi connectivity index (χ3n) is 5.14. The summed E-state index contributed by atoms with van der Waals surface area (Å²) >= 11 is 0. The quantitative estimate of drug-likeness (QED) is 0.725. The van der Waals surface area contributed by atoms with Crippen molar-refractivity contribution in [3.63, 3.8) is 0 Å². The van der Waals surface area contributed by atoms with Gasteiger partial charge in [-0.2, -0.15) is 0 Å². The van der Waals surface area contributed by atoms with Crippen molar-refractivity contribution in [2.45, 2.75) is 64.3 Å². The van der Waals surface area contributed by atoms with Crippen LogP contribution in [0.5, 0.6) is 0 Å². The molecule has 0 amide bonds. The minimum atomic E-state index is 0.415. The molecule has 2 heteroatoms. The third-order valence-corrected chi connectivity index (χ3v) is 5.14. The molecule has 94 valence electrons. The smallest absolute Gasteiger partial charge is 0.0304 e. The average Bonchev–Trinajstić information content (AvgIpc) is 2.72. The van der Waals surface area contributed by atoms with Crippen LogP contribution in [0.1, 0.15) is 58.8 Å². The van der Waals surface area contributed by atoms with Crippen LogP contribution < -0.4 is 10.6 Å². The molecule has 0 bridgehead atoms. The first-order valence-corrected chi connectivity index (χ1v) is 7.20. The van der Waals surface area contributed by atoms with Gasteiger partial charge in [0.15, 0.2) is 0 Å². The van der Waals surface area contributed by atoms with E-state index in [2.05, 4.69) is 24.5 Å². The van der Waals surface area contributed by atoms with Crippen LogP contribution in [0.25, 0.3) is 0 Å². The van der Waals surface area contributed by atoms with Crippen molar-refractivity contribution >= 4 is 0 Å². The molecule has 1 aliphatic carbocycles. The summed E-state index contributed by atoms with van der Waals surface area (Å²) in [6, 6.07) is 0. The van der Waals surface area contributed by atoms with E-state index in [0.717, 1.165) is 0 Å². The van der Waals surface area contributed by atoms with Gasteiger partial charge in [-0.15, -0.1) is 0 Å². The van der Waals surface area contributed by atoms with Crippen LogP contribution in [-0.2, 0) is 0 Å². The van der Waals surface area contributed by atoms with Crippen LogP contribution in [0.4, 0.5) is 0 Å². The topological polar surface area (TPSA) is 24.1 Å². The molecule has 1 saturated heterocycles. The Morgan fingerprint density at radius 2 is 1.81 bits per heavy atom. The van der Waals surface area contributed by atoms with Crippen LogP contribution >= 0.6 is 0 Å². The van der Waals surface area contributed by atoms with Gasteiger partial charge in [0.2, 0.25) is 0 Å². The lowest BCUT2D eigenvalue weighted by molar-refractivity contribution is 0.120. The third kappa shape index (κ3) is 2.43. The lowest BCUT2D eigenvalue weighted by atomic mass is 9.67. The SMILES string of the molecule is CCC1(CNCC2(CC)CCCN2)CCC1. The van der Waals surface area contributed by atoms with E-state index < -0.39 is 0 Å². The van der Waals surface area contributed by atoms with Gasteiger partial charge in [0.1, 0.15) is 0 Å². The van der Waals surface area contributed by atoms with Crippen molar-refractivity contribution in [3.8, 4) is 0 Å². The first-order valence-electron chi connectivity index (χ1n) is 7.20. The van der Waals surface area contributed by atoms with E-state index in [0.29, 0.717) is 11.0 Å². The molecule has 1 atom stereocenters. The zero-order valence-corrected chi connectivity index (χ0v) is 11.1. The zero-order valence-electron chi connectivity index (χ0n) is 11.1. The van der Waals surface area contributed by atoms with E-state index in [1.54, 1.807) is 0 Å². The minimum absolute atomic E-state index is 0.415. The van der Waals surface area contributed by atoms with Gasteiger partial charge in [-0.1, -0.05) is 20.3 Å². The molecule has 1 aliphatic heterocycles. The van der Waals surface area contributed by atoms with Crippen LogP contribution in [0.3, 0.4) is 0 Å². The standard InChI is InChI=1S/C14H28N2/c1-3-13(7-5-8-13)11-15-12-14(4-2)9-6-10-16-14/h15-16H,3-12H2,1-2H3. The summed E-state index contributed by atoms with van der Waals surface area (Å²) in [6.45, 7) is 8.30. The summed E-state index contributed by atoms with van der Waals surface area (Å²) in [7, 11) is 0. The summed E-state index contributed by atoms with van der Waals surface area (Å²) in [4.78, 5) is 0. The van der Waals surface area contributed by atoms with Gasteiger partial charge >= 0.3 is 0 Å². The van der Waals surface area contributed by atoms with Gasteiger partial charge in [0.25, 0.3) is 0 Å². The van der Waals surface area contributed by atoms with Gasteiger partial charge < -0.3 is 10.6 Å². The van der Waals surface area contributed by atoms with Crippen molar-refractivity contribution in [2.75, 3.05) is 19.6 Å². The number of nitrogens with one attached hydrogen (secondary N) is 2. The fraction of sp³-hybridized carbons (Fsp3) is 1.00. The predicted octanol–water partition coefficient (Wildman–Crippen LogP) is 2.69. The Morgan fingerprint density at radius 3 is 2.25 bits per heavy atom. The molecule has 0 spiro atoms. The highest BCUT2D eigenvalue weighted by Crippen LogP contribution is 2.43. The van der Waals surface area contributed by atoms with Gasteiger partial charge in [-0.05, 0) is 50.5 Å². The van der Waals surface area contributed by atoms with Gasteiger partial charge in [-0.25, -0.2) is 0 Å².